The Morgan fingerprint density at radius 2 is 1.47 bits per heavy atom. The van der Waals surface area contributed by atoms with Crippen molar-refractivity contribution in [3.8, 4) is 0 Å². The molecule has 0 atom stereocenters. The fourth-order valence-electron chi connectivity index (χ4n) is 4.52. The van der Waals surface area contributed by atoms with Gasteiger partial charge in [-0.3, -0.25) is 10.1 Å². The predicted molar refractivity (Wildman–Crippen MR) is 130 cm³/mol. The normalized spacial score (nSPS) is 12.0. The fourth-order valence-corrected chi connectivity index (χ4v) is 4.52. The average Bonchev–Trinajstić information content (AvgIpc) is 3.32. The Morgan fingerprint density at radius 3 is 2.19 bits per heavy atom. The van der Waals surface area contributed by atoms with Gasteiger partial charge in [0.1, 0.15) is 0 Å². The minimum Gasteiger partial charge on any atom is -0.315 e. The van der Waals surface area contributed by atoms with Crippen LogP contribution in [0.1, 0.15) is 40.2 Å². The van der Waals surface area contributed by atoms with Crippen LogP contribution in [0, 0.1) is 0 Å². The van der Waals surface area contributed by atoms with E-state index in [4.69, 9.17) is 0 Å². The lowest BCUT2D eigenvalue weighted by molar-refractivity contribution is 0.617. The molecule has 0 unspecified atom stereocenters. The van der Waals surface area contributed by atoms with Gasteiger partial charge in [-0.25, -0.2) is 0 Å². The maximum Gasteiger partial charge on any atom is 0.250 e. The number of nitrogens with zero attached hydrogens (tertiary/aromatic N) is 2. The van der Waals surface area contributed by atoms with Gasteiger partial charge in [-0.1, -0.05) is 78.9 Å². The predicted octanol–water partition coefficient (Wildman–Crippen LogP) is 5.88. The lowest BCUT2D eigenvalue weighted by atomic mass is 9.86. The zero-order valence-electron chi connectivity index (χ0n) is 17.9. The summed E-state index contributed by atoms with van der Waals surface area (Å²) in [6.45, 7) is 0.688. The van der Waals surface area contributed by atoms with E-state index in [0.29, 0.717) is 6.54 Å². The van der Waals surface area contributed by atoms with Crippen LogP contribution in [0.4, 0.5) is 5.69 Å². The summed E-state index contributed by atoms with van der Waals surface area (Å²) in [7, 11) is 0. The molecule has 1 aromatic heterocycles. The molecule has 0 N–H and O–H groups in total. The van der Waals surface area contributed by atoms with E-state index in [-0.39, 0.29) is 11.5 Å². The van der Waals surface area contributed by atoms with Gasteiger partial charge >= 0.3 is 0 Å². The van der Waals surface area contributed by atoms with E-state index in [9.17, 15) is 4.79 Å². The number of hydrogen-bond acceptors (Lipinski definition) is 1. The molecule has 0 bridgehead atoms. The summed E-state index contributed by atoms with van der Waals surface area (Å²) in [5, 5.41) is 4.39. The van der Waals surface area contributed by atoms with E-state index in [0.717, 1.165) is 24.1 Å². The Bertz CT molecular complexity index is 1250. The van der Waals surface area contributed by atoms with Crippen LogP contribution in [0.2, 0.25) is 0 Å². The van der Waals surface area contributed by atoms with Crippen LogP contribution in [-0.4, -0.2) is 4.57 Å². The molecule has 0 saturated heterocycles. The molecular weight excluding hydrogens is 392 g/mol. The fraction of sp³-hybridized carbons (Fsp3) is 0.138. The minimum absolute atomic E-state index is 0.0433. The van der Waals surface area contributed by atoms with Gasteiger partial charge in [0.2, 0.25) is 0 Å². The summed E-state index contributed by atoms with van der Waals surface area (Å²) in [6, 6.07) is 30.9. The Kier molecular flexibility index (Phi) is 5.71. The van der Waals surface area contributed by atoms with Crippen LogP contribution in [0.5, 0.6) is 0 Å². The molecule has 0 fully saturated rings. The van der Waals surface area contributed by atoms with Crippen LogP contribution >= 0.6 is 0 Å². The third-order valence-corrected chi connectivity index (χ3v) is 6.08. The second-order valence-electron chi connectivity index (χ2n) is 8.15. The third kappa shape index (κ3) is 4.15. The third-order valence-electron chi connectivity index (χ3n) is 6.08. The van der Waals surface area contributed by atoms with E-state index in [1.54, 1.807) is 6.07 Å². The van der Waals surface area contributed by atoms with E-state index >= 15 is 0 Å². The molecule has 0 saturated carbocycles. The molecule has 3 aromatic carbocycles. The van der Waals surface area contributed by atoms with Crippen LogP contribution in [0.15, 0.2) is 108 Å². The van der Waals surface area contributed by atoms with Crippen molar-refractivity contribution in [1.82, 2.24) is 9.88 Å². The van der Waals surface area contributed by atoms with Gasteiger partial charge in [0.25, 0.3) is 5.56 Å². The maximum absolute atomic E-state index is 12.6. The van der Waals surface area contributed by atoms with E-state index in [1.165, 1.54) is 22.3 Å². The lowest BCUT2D eigenvalue weighted by Crippen LogP contribution is -2.20. The highest BCUT2D eigenvalue weighted by molar-refractivity contribution is 5.71. The highest BCUT2D eigenvalue weighted by Crippen LogP contribution is 2.31. The molecule has 2 heterocycles. The molecule has 0 spiro atoms. The number of fused-ring (bicyclic) bond motifs is 1. The topological polar surface area (TPSA) is 36.1 Å². The zero-order chi connectivity index (χ0) is 21.8. The zero-order valence-corrected chi connectivity index (χ0v) is 17.9. The summed E-state index contributed by atoms with van der Waals surface area (Å²) >= 11 is 0. The smallest absolute Gasteiger partial charge is 0.250 e. The molecular formula is C29H25N2O. The molecule has 3 heteroatoms. The van der Waals surface area contributed by atoms with Crippen molar-refractivity contribution < 1.29 is 0 Å². The highest BCUT2D eigenvalue weighted by Gasteiger charge is 2.17. The van der Waals surface area contributed by atoms with Gasteiger partial charge in [-0.15, -0.1) is 0 Å². The standard InChI is InChI=1S/C29H25N2O/c32-28-17-16-25(29(23-9-3-1-4-10-23)24-11-5-2-6-12-24)21-31(28)20-8-14-22-13-7-15-27-26(22)18-19-30-27/h1-7,9-13,15-19,21,29H,8,14,20H2. The van der Waals surface area contributed by atoms with Crippen molar-refractivity contribution in [3.63, 3.8) is 0 Å². The van der Waals surface area contributed by atoms with Crippen molar-refractivity contribution in [2.45, 2.75) is 25.3 Å². The number of rotatable bonds is 7. The first-order chi connectivity index (χ1) is 15.8. The molecule has 1 radical (unpaired) electrons. The average molecular weight is 418 g/mol. The molecule has 1 aliphatic heterocycles. The number of hydrogen-bond donors (Lipinski definition) is 0. The van der Waals surface area contributed by atoms with E-state index < -0.39 is 0 Å². The van der Waals surface area contributed by atoms with Crippen molar-refractivity contribution >= 4 is 11.8 Å². The van der Waals surface area contributed by atoms with E-state index in [1.807, 2.05) is 41.2 Å². The molecule has 3 nitrogen and oxygen atoms in total. The van der Waals surface area contributed by atoms with Crippen LogP contribution in [-0.2, 0) is 13.0 Å². The van der Waals surface area contributed by atoms with Gasteiger partial charge in [0, 0.05) is 36.5 Å². The number of aromatic nitrogens is 1. The van der Waals surface area contributed by atoms with Crippen LogP contribution in [0.25, 0.3) is 6.08 Å². The van der Waals surface area contributed by atoms with Crippen molar-refractivity contribution in [2.24, 2.45) is 0 Å². The Morgan fingerprint density at radius 1 is 0.750 bits per heavy atom. The molecule has 0 aliphatic carbocycles. The Balaban J connectivity index is 1.41. The van der Waals surface area contributed by atoms with E-state index in [2.05, 4.69) is 72.1 Å². The number of benzene rings is 3. The molecule has 4 aromatic rings. The largest absolute Gasteiger partial charge is 0.315 e. The summed E-state index contributed by atoms with van der Waals surface area (Å²) in [6.07, 6.45) is 7.78. The SMILES string of the molecule is O=c1ccc(C(c2ccccc2)c2ccccc2)cn1CCCc1cccc2c1C=C[N]2. The minimum atomic E-state index is 0.0433. The van der Waals surface area contributed by atoms with Crippen molar-refractivity contribution in [3.05, 3.63) is 142 Å². The quantitative estimate of drug-likeness (QED) is 0.370. The van der Waals surface area contributed by atoms with Crippen molar-refractivity contribution in [1.29, 1.82) is 0 Å². The summed E-state index contributed by atoms with van der Waals surface area (Å²) in [5.41, 5.74) is 7.15. The molecule has 5 rings (SSSR count). The monoisotopic (exact) mass is 417 g/mol. The van der Waals surface area contributed by atoms with Gasteiger partial charge in [0.05, 0.1) is 5.69 Å². The summed E-state index contributed by atoms with van der Waals surface area (Å²) < 4.78 is 1.86. The van der Waals surface area contributed by atoms with Crippen LogP contribution < -0.4 is 10.9 Å². The summed E-state index contributed by atoms with van der Waals surface area (Å²) in [5.74, 6) is 0.0911. The molecule has 0 amide bonds. The first-order valence-electron chi connectivity index (χ1n) is 11.1. The van der Waals surface area contributed by atoms with Gasteiger partial charge in [-0.05, 0) is 47.2 Å². The van der Waals surface area contributed by atoms with Gasteiger partial charge in [0.15, 0.2) is 0 Å². The van der Waals surface area contributed by atoms with Crippen molar-refractivity contribution in [2.75, 3.05) is 0 Å². The molecule has 32 heavy (non-hydrogen) atoms. The first kappa shape index (κ1) is 20.1. The number of aryl methyl sites for hydroxylation is 2. The second-order valence-corrected chi connectivity index (χ2v) is 8.15. The first-order valence-corrected chi connectivity index (χ1v) is 11.1. The summed E-state index contributed by atoms with van der Waals surface area (Å²) in [4.78, 5) is 12.6. The molecule has 1 aliphatic rings. The Hall–Kier alpha value is -3.85. The number of pyridine rings is 1. The van der Waals surface area contributed by atoms with Gasteiger partial charge < -0.3 is 4.57 Å². The Labute approximate surface area is 188 Å². The maximum atomic E-state index is 12.6. The second kappa shape index (κ2) is 9.11. The van der Waals surface area contributed by atoms with Gasteiger partial charge in [-0.2, -0.15) is 0 Å². The molecule has 157 valence electrons. The lowest BCUT2D eigenvalue weighted by Gasteiger charge is -2.20. The van der Waals surface area contributed by atoms with Crippen LogP contribution in [0.3, 0.4) is 0 Å². The highest BCUT2D eigenvalue weighted by atomic mass is 16.1.